The van der Waals surface area contributed by atoms with E-state index in [-0.39, 0.29) is 5.23 Å². The minimum Gasteiger partial charge on any atom is -0.368 e. The third-order valence-electron chi connectivity index (χ3n) is 2.13. The number of nitrogens with one attached hydrogen (secondary N) is 1. The second kappa shape index (κ2) is 6.08. The van der Waals surface area contributed by atoms with Gasteiger partial charge in [0.25, 0.3) is 5.91 Å². The van der Waals surface area contributed by atoms with E-state index in [2.05, 4.69) is 9.68 Å². The molecular formula is C8H12N4O7. The molecule has 0 aromatic rings. The van der Waals surface area contributed by atoms with Gasteiger partial charge in [0.2, 0.25) is 5.91 Å². The largest absolute Gasteiger partial charge is 0.368 e. The van der Waals surface area contributed by atoms with Crippen LogP contribution < -0.4 is 16.9 Å². The summed E-state index contributed by atoms with van der Waals surface area (Å²) in [5.41, 5.74) is 11.6. The molecular weight excluding hydrogens is 264 g/mol. The number of carbonyl (C=O) groups excluding carboxylic acids is 4. The molecule has 1 heterocycles. The predicted molar refractivity (Wildman–Crippen MR) is 54.1 cm³/mol. The Hall–Kier alpha value is -2.24. The van der Waals surface area contributed by atoms with Crippen molar-refractivity contribution in [2.45, 2.75) is 24.9 Å². The third kappa shape index (κ3) is 3.87. The van der Waals surface area contributed by atoms with E-state index in [1.807, 2.05) is 0 Å². The summed E-state index contributed by atoms with van der Waals surface area (Å²) in [5, 5.41) is 8.59. The Bertz CT molecular complexity index is 412. The Morgan fingerprint density at radius 1 is 1.47 bits per heavy atom. The van der Waals surface area contributed by atoms with Gasteiger partial charge in [-0.3, -0.25) is 9.59 Å². The van der Waals surface area contributed by atoms with Crippen molar-refractivity contribution in [1.29, 1.82) is 0 Å². The molecule has 0 spiro atoms. The minimum atomic E-state index is -1.43. The molecule has 0 aromatic heterocycles. The molecule has 0 saturated carbocycles. The highest BCUT2D eigenvalue weighted by Gasteiger charge is 2.34. The maximum atomic E-state index is 11.6. The highest BCUT2D eigenvalue weighted by Crippen LogP contribution is 2.09. The standard InChI is InChI=1S/C8H12N4O7/c9-3-1-6(14)18-12(19-8(3)16)5(13)2-4(11-17)7(10)15/h3-4,11,17H,1-2,9H2,(H2,10,15). The zero-order valence-electron chi connectivity index (χ0n) is 9.57. The molecule has 11 heteroatoms. The van der Waals surface area contributed by atoms with Crippen LogP contribution in [0, 0.1) is 0 Å². The second-order valence-corrected chi connectivity index (χ2v) is 3.62. The van der Waals surface area contributed by atoms with E-state index >= 15 is 0 Å². The van der Waals surface area contributed by atoms with Gasteiger partial charge in [-0.25, -0.2) is 9.59 Å². The number of rotatable bonds is 4. The molecule has 1 saturated heterocycles. The molecule has 0 bridgehead atoms. The number of carbonyl (C=O) groups is 4. The summed E-state index contributed by atoms with van der Waals surface area (Å²) in [5.74, 6) is -4.12. The van der Waals surface area contributed by atoms with Crippen LogP contribution in [-0.2, 0) is 28.9 Å². The molecule has 19 heavy (non-hydrogen) atoms. The number of hydrogen-bond donors (Lipinski definition) is 4. The van der Waals surface area contributed by atoms with Crippen LogP contribution in [0.5, 0.6) is 0 Å². The zero-order chi connectivity index (χ0) is 14.6. The Morgan fingerprint density at radius 2 is 2.11 bits per heavy atom. The van der Waals surface area contributed by atoms with E-state index in [1.165, 1.54) is 5.48 Å². The van der Waals surface area contributed by atoms with Gasteiger partial charge in [-0.2, -0.15) is 5.48 Å². The minimum absolute atomic E-state index is 0.00477. The van der Waals surface area contributed by atoms with Gasteiger partial charge in [-0.05, 0) is 0 Å². The molecule has 11 nitrogen and oxygen atoms in total. The highest BCUT2D eigenvalue weighted by atomic mass is 17.0. The van der Waals surface area contributed by atoms with Gasteiger partial charge in [0.1, 0.15) is 12.1 Å². The SMILES string of the molecule is NC(=O)C(CC(=O)N1OC(=O)CC(N)C(=O)O1)NO. The van der Waals surface area contributed by atoms with Gasteiger partial charge in [0, 0.05) is 5.23 Å². The number of nitrogens with two attached hydrogens (primary N) is 2. The average Bonchev–Trinajstić information content (AvgIpc) is 2.45. The molecule has 1 aliphatic rings. The zero-order valence-corrected chi connectivity index (χ0v) is 9.57. The molecule has 6 N–H and O–H groups in total. The second-order valence-electron chi connectivity index (χ2n) is 3.62. The van der Waals surface area contributed by atoms with E-state index in [9.17, 15) is 19.2 Å². The Labute approximate surface area is 106 Å². The van der Waals surface area contributed by atoms with Crippen LogP contribution in [-0.4, -0.2) is 46.3 Å². The lowest BCUT2D eigenvalue weighted by molar-refractivity contribution is -0.301. The van der Waals surface area contributed by atoms with E-state index < -0.39 is 48.7 Å². The van der Waals surface area contributed by atoms with Crippen LogP contribution in [0.1, 0.15) is 12.8 Å². The molecule has 2 atom stereocenters. The topological polar surface area (TPSA) is 174 Å². The van der Waals surface area contributed by atoms with Crippen molar-refractivity contribution in [3.63, 3.8) is 0 Å². The normalized spacial score (nSPS) is 21.2. The van der Waals surface area contributed by atoms with Crippen molar-refractivity contribution < 1.29 is 34.1 Å². The van der Waals surface area contributed by atoms with Gasteiger partial charge in [0.05, 0.1) is 12.8 Å². The first-order valence-corrected chi connectivity index (χ1v) is 5.05. The molecule has 0 radical (unpaired) electrons. The molecule has 0 aromatic carbocycles. The van der Waals surface area contributed by atoms with Crippen LogP contribution in [0.15, 0.2) is 0 Å². The summed E-state index contributed by atoms with van der Waals surface area (Å²) in [6, 6.07) is -2.69. The van der Waals surface area contributed by atoms with E-state index in [4.69, 9.17) is 16.7 Å². The van der Waals surface area contributed by atoms with Gasteiger partial charge >= 0.3 is 11.9 Å². The maximum Gasteiger partial charge on any atom is 0.353 e. The van der Waals surface area contributed by atoms with Gasteiger partial charge in [0.15, 0.2) is 0 Å². The molecule has 2 amide bonds. The number of hydroxylamine groups is 3. The van der Waals surface area contributed by atoms with E-state index in [1.54, 1.807) is 0 Å². The van der Waals surface area contributed by atoms with Crippen LogP contribution >= 0.6 is 0 Å². The summed E-state index contributed by atoms with van der Waals surface area (Å²) in [6.45, 7) is 0. The number of amides is 2. The summed E-state index contributed by atoms with van der Waals surface area (Å²) in [6.07, 6.45) is -1.15. The summed E-state index contributed by atoms with van der Waals surface area (Å²) in [4.78, 5) is 53.6. The van der Waals surface area contributed by atoms with Crippen LogP contribution in [0.25, 0.3) is 0 Å². The smallest absolute Gasteiger partial charge is 0.353 e. The van der Waals surface area contributed by atoms with E-state index in [0.29, 0.717) is 0 Å². The van der Waals surface area contributed by atoms with Crippen molar-refractivity contribution in [3.8, 4) is 0 Å². The summed E-state index contributed by atoms with van der Waals surface area (Å²) < 4.78 is 0. The Balaban J connectivity index is 2.72. The first kappa shape index (κ1) is 14.8. The van der Waals surface area contributed by atoms with Crippen molar-refractivity contribution in [3.05, 3.63) is 0 Å². The first-order chi connectivity index (χ1) is 8.85. The van der Waals surface area contributed by atoms with Crippen molar-refractivity contribution >= 4 is 23.8 Å². The highest BCUT2D eigenvalue weighted by molar-refractivity contribution is 5.89. The predicted octanol–water partition coefficient (Wildman–Crippen LogP) is -3.31. The fraction of sp³-hybridized carbons (Fsp3) is 0.500. The number of nitrogens with zero attached hydrogens (tertiary/aromatic N) is 1. The van der Waals surface area contributed by atoms with Crippen molar-refractivity contribution in [2.75, 3.05) is 0 Å². The molecule has 1 fully saturated rings. The summed E-state index contributed by atoms with van der Waals surface area (Å²) >= 11 is 0. The van der Waals surface area contributed by atoms with Crippen molar-refractivity contribution in [1.82, 2.24) is 10.7 Å². The molecule has 2 unspecified atom stereocenters. The third-order valence-corrected chi connectivity index (χ3v) is 2.13. The Morgan fingerprint density at radius 3 is 2.63 bits per heavy atom. The summed E-state index contributed by atoms with van der Waals surface area (Å²) in [7, 11) is 0. The average molecular weight is 276 g/mol. The van der Waals surface area contributed by atoms with Gasteiger partial charge < -0.3 is 26.3 Å². The molecule has 0 aliphatic carbocycles. The first-order valence-electron chi connectivity index (χ1n) is 5.05. The quantitative estimate of drug-likeness (QED) is 0.383. The molecule has 106 valence electrons. The fourth-order valence-corrected chi connectivity index (χ4v) is 1.12. The molecule has 1 rings (SSSR count). The lowest BCUT2D eigenvalue weighted by Gasteiger charge is -2.18. The fourth-order valence-electron chi connectivity index (χ4n) is 1.12. The monoisotopic (exact) mass is 276 g/mol. The number of primary amides is 1. The lowest BCUT2D eigenvalue weighted by Crippen LogP contribution is -2.45. The van der Waals surface area contributed by atoms with Gasteiger partial charge in [-0.15, -0.1) is 0 Å². The molecule has 1 aliphatic heterocycles. The van der Waals surface area contributed by atoms with Crippen LogP contribution in [0.4, 0.5) is 0 Å². The van der Waals surface area contributed by atoms with Gasteiger partial charge in [-0.1, -0.05) is 0 Å². The van der Waals surface area contributed by atoms with E-state index in [0.717, 1.165) is 0 Å². The Kier molecular flexibility index (Phi) is 4.74. The van der Waals surface area contributed by atoms with Crippen molar-refractivity contribution in [2.24, 2.45) is 11.5 Å². The number of hydrogen-bond acceptors (Lipinski definition) is 9. The van der Waals surface area contributed by atoms with Crippen LogP contribution in [0.2, 0.25) is 0 Å². The maximum absolute atomic E-state index is 11.6. The van der Waals surface area contributed by atoms with Crippen LogP contribution in [0.3, 0.4) is 0 Å². The lowest BCUT2D eigenvalue weighted by atomic mass is 10.2.